The summed E-state index contributed by atoms with van der Waals surface area (Å²) in [4.78, 5) is 11.2. The van der Waals surface area contributed by atoms with Gasteiger partial charge in [-0.15, -0.1) is 0 Å². The molecule has 0 amide bonds. The van der Waals surface area contributed by atoms with E-state index in [1.807, 2.05) is 19.9 Å². The number of hydrogen-bond donors (Lipinski definition) is 1. The third-order valence-electron chi connectivity index (χ3n) is 3.83. The Morgan fingerprint density at radius 2 is 2.29 bits per heavy atom. The van der Waals surface area contributed by atoms with Crippen LogP contribution in [-0.2, 0) is 4.74 Å². The van der Waals surface area contributed by atoms with Gasteiger partial charge in [-0.05, 0) is 26.7 Å². The van der Waals surface area contributed by atoms with Crippen molar-refractivity contribution in [3.63, 3.8) is 0 Å². The molecule has 1 aliphatic carbocycles. The van der Waals surface area contributed by atoms with Crippen molar-refractivity contribution >= 4 is 5.82 Å². The minimum atomic E-state index is 0.322. The molecule has 1 unspecified atom stereocenters. The molecule has 116 valence electrons. The lowest BCUT2D eigenvalue weighted by Gasteiger charge is -2.36. The minimum absolute atomic E-state index is 0.322. The van der Waals surface area contributed by atoms with Gasteiger partial charge in [0.2, 0.25) is 5.88 Å². The molecule has 1 saturated carbocycles. The molecule has 0 radical (unpaired) electrons. The summed E-state index contributed by atoms with van der Waals surface area (Å²) in [7, 11) is 0. The highest BCUT2D eigenvalue weighted by atomic mass is 16.5. The monoisotopic (exact) mass is 292 g/mol. The molecule has 1 saturated heterocycles. The van der Waals surface area contributed by atoms with Gasteiger partial charge in [0.1, 0.15) is 11.6 Å². The Hall–Kier alpha value is -1.40. The Balaban J connectivity index is 1.74. The van der Waals surface area contributed by atoms with Crippen LogP contribution in [0.1, 0.15) is 25.6 Å². The van der Waals surface area contributed by atoms with Gasteiger partial charge in [0.25, 0.3) is 0 Å². The second-order valence-corrected chi connectivity index (χ2v) is 5.65. The second-order valence-electron chi connectivity index (χ2n) is 5.65. The average molecular weight is 292 g/mol. The standard InChI is InChI=1S/C15H24N4O2/c1-3-21-15-8-14(17-11(2)18-15)19-6-7-20-10-13(19)9-16-12-4-5-12/h8,12-13,16H,3-7,9-10H2,1-2H3. The fraction of sp³-hybridized carbons (Fsp3) is 0.733. The van der Waals surface area contributed by atoms with Gasteiger partial charge in [-0.3, -0.25) is 0 Å². The van der Waals surface area contributed by atoms with Crippen LogP contribution >= 0.6 is 0 Å². The van der Waals surface area contributed by atoms with Crippen molar-refractivity contribution < 1.29 is 9.47 Å². The molecule has 2 fully saturated rings. The number of nitrogens with zero attached hydrogens (tertiary/aromatic N) is 3. The van der Waals surface area contributed by atoms with E-state index >= 15 is 0 Å². The number of nitrogens with one attached hydrogen (secondary N) is 1. The van der Waals surface area contributed by atoms with Crippen LogP contribution in [0.2, 0.25) is 0 Å². The molecule has 1 N–H and O–H groups in total. The zero-order chi connectivity index (χ0) is 14.7. The predicted octanol–water partition coefficient (Wildman–Crippen LogP) is 1.14. The second kappa shape index (κ2) is 6.58. The highest BCUT2D eigenvalue weighted by Gasteiger charge is 2.28. The molecule has 0 aromatic carbocycles. The molecule has 2 heterocycles. The van der Waals surface area contributed by atoms with E-state index in [1.165, 1.54) is 12.8 Å². The summed E-state index contributed by atoms with van der Waals surface area (Å²) in [6.07, 6.45) is 2.60. The van der Waals surface area contributed by atoms with Gasteiger partial charge in [-0.25, -0.2) is 4.98 Å². The molecule has 1 aliphatic heterocycles. The molecule has 0 spiro atoms. The zero-order valence-electron chi connectivity index (χ0n) is 12.8. The van der Waals surface area contributed by atoms with Crippen LogP contribution in [-0.4, -0.2) is 55.0 Å². The fourth-order valence-electron chi connectivity index (χ4n) is 2.61. The van der Waals surface area contributed by atoms with Gasteiger partial charge in [-0.1, -0.05) is 0 Å². The van der Waals surface area contributed by atoms with Crippen molar-refractivity contribution in [2.45, 2.75) is 38.8 Å². The fourth-order valence-corrected chi connectivity index (χ4v) is 2.61. The highest BCUT2D eigenvalue weighted by Crippen LogP contribution is 2.23. The normalized spacial score (nSPS) is 22.4. The van der Waals surface area contributed by atoms with Crippen molar-refractivity contribution in [3.05, 3.63) is 11.9 Å². The number of aromatic nitrogens is 2. The van der Waals surface area contributed by atoms with Crippen LogP contribution in [0.15, 0.2) is 6.07 Å². The van der Waals surface area contributed by atoms with Crippen LogP contribution in [0.5, 0.6) is 5.88 Å². The highest BCUT2D eigenvalue weighted by molar-refractivity contribution is 5.43. The number of hydrogen-bond acceptors (Lipinski definition) is 6. The molecule has 1 aromatic heterocycles. The van der Waals surface area contributed by atoms with E-state index in [2.05, 4.69) is 20.2 Å². The number of rotatable bonds is 6. The summed E-state index contributed by atoms with van der Waals surface area (Å²) < 4.78 is 11.2. The average Bonchev–Trinajstić information content (AvgIpc) is 3.29. The Kier molecular flexibility index (Phi) is 4.55. The van der Waals surface area contributed by atoms with Gasteiger partial charge in [-0.2, -0.15) is 4.98 Å². The molecule has 1 aromatic rings. The molecule has 21 heavy (non-hydrogen) atoms. The van der Waals surface area contributed by atoms with E-state index in [0.717, 1.165) is 37.9 Å². The molecule has 6 heteroatoms. The minimum Gasteiger partial charge on any atom is -0.478 e. The third kappa shape index (κ3) is 3.83. The third-order valence-corrected chi connectivity index (χ3v) is 3.83. The van der Waals surface area contributed by atoms with Crippen molar-refractivity contribution in [1.29, 1.82) is 0 Å². The van der Waals surface area contributed by atoms with Gasteiger partial charge in [0, 0.05) is 25.2 Å². The van der Waals surface area contributed by atoms with Crippen LogP contribution in [0.3, 0.4) is 0 Å². The molecule has 0 bridgehead atoms. The molecule has 1 atom stereocenters. The van der Waals surface area contributed by atoms with E-state index in [1.54, 1.807) is 0 Å². The number of aryl methyl sites for hydroxylation is 1. The van der Waals surface area contributed by atoms with Crippen molar-refractivity contribution in [1.82, 2.24) is 15.3 Å². The Morgan fingerprint density at radius 1 is 1.43 bits per heavy atom. The van der Waals surface area contributed by atoms with Crippen LogP contribution in [0, 0.1) is 6.92 Å². The van der Waals surface area contributed by atoms with E-state index in [4.69, 9.17) is 9.47 Å². The quantitative estimate of drug-likeness (QED) is 0.848. The smallest absolute Gasteiger partial charge is 0.218 e. The molecular formula is C15H24N4O2. The van der Waals surface area contributed by atoms with Gasteiger partial charge in [0.05, 0.1) is 25.9 Å². The van der Waals surface area contributed by atoms with Crippen LogP contribution < -0.4 is 15.0 Å². The summed E-state index contributed by atoms with van der Waals surface area (Å²) in [5.41, 5.74) is 0. The maximum atomic E-state index is 5.64. The van der Waals surface area contributed by atoms with E-state index in [-0.39, 0.29) is 0 Å². The number of ether oxygens (including phenoxy) is 2. The summed E-state index contributed by atoms with van der Waals surface area (Å²) in [5.74, 6) is 2.34. The largest absolute Gasteiger partial charge is 0.478 e. The maximum Gasteiger partial charge on any atom is 0.218 e. The maximum absolute atomic E-state index is 5.64. The lowest BCUT2D eigenvalue weighted by Crippen LogP contribution is -2.51. The van der Waals surface area contributed by atoms with Crippen molar-refractivity contribution in [2.75, 3.05) is 37.8 Å². The summed E-state index contributed by atoms with van der Waals surface area (Å²) in [5, 5.41) is 3.58. The van der Waals surface area contributed by atoms with Crippen molar-refractivity contribution in [3.8, 4) is 5.88 Å². The first-order valence-corrected chi connectivity index (χ1v) is 7.82. The van der Waals surface area contributed by atoms with Crippen LogP contribution in [0.4, 0.5) is 5.82 Å². The van der Waals surface area contributed by atoms with E-state index in [9.17, 15) is 0 Å². The lowest BCUT2D eigenvalue weighted by atomic mass is 10.2. The Morgan fingerprint density at radius 3 is 3.05 bits per heavy atom. The van der Waals surface area contributed by atoms with Crippen LogP contribution in [0.25, 0.3) is 0 Å². The van der Waals surface area contributed by atoms with Gasteiger partial charge < -0.3 is 19.7 Å². The first-order valence-electron chi connectivity index (χ1n) is 7.82. The Labute approximate surface area is 125 Å². The lowest BCUT2D eigenvalue weighted by molar-refractivity contribution is 0.0931. The topological polar surface area (TPSA) is 59.5 Å². The van der Waals surface area contributed by atoms with E-state index < -0.39 is 0 Å². The molecule has 2 aliphatic rings. The summed E-state index contributed by atoms with van der Waals surface area (Å²) in [6.45, 7) is 7.78. The van der Waals surface area contributed by atoms with Crippen molar-refractivity contribution in [2.24, 2.45) is 0 Å². The SMILES string of the molecule is CCOc1cc(N2CCOCC2CNC2CC2)nc(C)n1. The predicted molar refractivity (Wildman–Crippen MR) is 80.9 cm³/mol. The summed E-state index contributed by atoms with van der Waals surface area (Å²) >= 11 is 0. The van der Waals surface area contributed by atoms with E-state index in [0.29, 0.717) is 24.6 Å². The molecule has 6 nitrogen and oxygen atoms in total. The first kappa shape index (κ1) is 14.5. The number of morpholine rings is 1. The molecular weight excluding hydrogens is 268 g/mol. The molecule has 3 rings (SSSR count). The number of anilines is 1. The first-order chi connectivity index (χ1) is 10.3. The van der Waals surface area contributed by atoms with Gasteiger partial charge in [0.15, 0.2) is 0 Å². The zero-order valence-corrected chi connectivity index (χ0v) is 12.8. The van der Waals surface area contributed by atoms with Gasteiger partial charge >= 0.3 is 0 Å². The Bertz CT molecular complexity index is 479. The summed E-state index contributed by atoms with van der Waals surface area (Å²) in [6, 6.07) is 2.97.